The van der Waals surface area contributed by atoms with E-state index in [1.165, 1.54) is 0 Å². The minimum atomic E-state index is -0.0657. The molecule has 1 aromatic carbocycles. The van der Waals surface area contributed by atoms with E-state index in [0.717, 1.165) is 42.3 Å². The fourth-order valence-corrected chi connectivity index (χ4v) is 3.69. The summed E-state index contributed by atoms with van der Waals surface area (Å²) >= 11 is 0. The molecule has 0 aliphatic carbocycles. The van der Waals surface area contributed by atoms with Crippen LogP contribution in [-0.4, -0.2) is 40.2 Å². The molecule has 1 aliphatic heterocycles. The van der Waals surface area contributed by atoms with E-state index in [2.05, 4.69) is 20.4 Å². The van der Waals surface area contributed by atoms with Gasteiger partial charge >= 0.3 is 0 Å². The van der Waals surface area contributed by atoms with Gasteiger partial charge in [0.05, 0.1) is 12.5 Å². The van der Waals surface area contributed by atoms with E-state index in [9.17, 15) is 4.79 Å². The van der Waals surface area contributed by atoms with Gasteiger partial charge in [0.25, 0.3) is 0 Å². The van der Waals surface area contributed by atoms with Gasteiger partial charge in [-0.3, -0.25) is 9.20 Å². The number of hydrogen-bond donors (Lipinski definition) is 1. The molecule has 0 saturated carbocycles. The van der Waals surface area contributed by atoms with E-state index in [0.29, 0.717) is 19.7 Å². The van der Waals surface area contributed by atoms with Gasteiger partial charge in [-0.05, 0) is 38.0 Å². The number of rotatable bonds is 6. The highest BCUT2D eigenvalue weighted by molar-refractivity contribution is 5.79. The number of nitrogens with one attached hydrogen (secondary N) is 1. The van der Waals surface area contributed by atoms with Crippen molar-refractivity contribution in [2.75, 3.05) is 24.6 Å². The number of amides is 1. The normalized spacial score (nSPS) is 16.9. The van der Waals surface area contributed by atoms with Crippen molar-refractivity contribution in [2.24, 2.45) is 5.92 Å². The lowest BCUT2D eigenvalue weighted by molar-refractivity contribution is -0.125. The molecule has 1 atom stereocenters. The number of piperidine rings is 1. The van der Waals surface area contributed by atoms with Gasteiger partial charge in [0, 0.05) is 31.4 Å². The third kappa shape index (κ3) is 3.78. The van der Waals surface area contributed by atoms with Gasteiger partial charge in [-0.2, -0.15) is 0 Å². The SMILES string of the molecule is CCOc1ccccc1CNC(=O)[C@H]1CCCN(c2nnc3ccccn23)C1. The lowest BCUT2D eigenvalue weighted by Gasteiger charge is -2.32. The highest BCUT2D eigenvalue weighted by Gasteiger charge is 2.28. The van der Waals surface area contributed by atoms with Crippen LogP contribution in [0, 0.1) is 5.92 Å². The maximum atomic E-state index is 12.8. The van der Waals surface area contributed by atoms with Crippen LogP contribution in [0.15, 0.2) is 48.7 Å². The first-order chi connectivity index (χ1) is 13.8. The summed E-state index contributed by atoms with van der Waals surface area (Å²) in [7, 11) is 0. The molecular weight excluding hydrogens is 354 g/mol. The van der Waals surface area contributed by atoms with E-state index < -0.39 is 0 Å². The number of ether oxygens (including phenoxy) is 1. The monoisotopic (exact) mass is 379 g/mol. The number of aromatic nitrogens is 3. The van der Waals surface area contributed by atoms with E-state index in [1.807, 2.05) is 60.0 Å². The van der Waals surface area contributed by atoms with Crippen molar-refractivity contribution in [2.45, 2.75) is 26.3 Å². The molecule has 4 rings (SSSR count). The standard InChI is InChI=1S/C21H25N5O2/c1-2-28-18-10-4-3-8-16(18)14-22-20(27)17-9-7-12-25(15-17)21-24-23-19-11-5-6-13-26(19)21/h3-6,8,10-11,13,17H,2,7,9,12,14-15H2,1H3,(H,22,27)/t17-/m0/s1. The van der Waals surface area contributed by atoms with Crippen LogP contribution in [0.1, 0.15) is 25.3 Å². The largest absolute Gasteiger partial charge is 0.494 e. The Labute approximate surface area is 164 Å². The number of benzene rings is 1. The third-order valence-corrected chi connectivity index (χ3v) is 5.10. The Morgan fingerprint density at radius 1 is 1.21 bits per heavy atom. The first kappa shape index (κ1) is 18.3. The molecule has 1 amide bonds. The minimum absolute atomic E-state index is 0.0657. The zero-order valence-corrected chi connectivity index (χ0v) is 16.0. The third-order valence-electron chi connectivity index (χ3n) is 5.10. The molecule has 0 unspecified atom stereocenters. The summed E-state index contributed by atoms with van der Waals surface area (Å²) in [6, 6.07) is 13.7. The summed E-state index contributed by atoms with van der Waals surface area (Å²) in [5, 5.41) is 11.6. The number of pyridine rings is 1. The van der Waals surface area contributed by atoms with Crippen molar-refractivity contribution in [3.05, 3.63) is 54.2 Å². The van der Waals surface area contributed by atoms with Crippen molar-refractivity contribution < 1.29 is 9.53 Å². The predicted molar refractivity (Wildman–Crippen MR) is 107 cm³/mol. The number of fused-ring (bicyclic) bond motifs is 1. The van der Waals surface area contributed by atoms with Crippen molar-refractivity contribution >= 4 is 17.5 Å². The predicted octanol–water partition coefficient (Wildman–Crippen LogP) is 2.66. The highest BCUT2D eigenvalue weighted by atomic mass is 16.5. The van der Waals surface area contributed by atoms with E-state index in [4.69, 9.17) is 4.74 Å². The lowest BCUT2D eigenvalue weighted by atomic mass is 9.97. The second-order valence-corrected chi connectivity index (χ2v) is 6.97. The summed E-state index contributed by atoms with van der Waals surface area (Å²) in [4.78, 5) is 15.0. The summed E-state index contributed by atoms with van der Waals surface area (Å²) in [5.41, 5.74) is 1.81. The molecule has 3 aromatic rings. The topological polar surface area (TPSA) is 71.8 Å². The van der Waals surface area contributed by atoms with Gasteiger partial charge in [0.2, 0.25) is 11.9 Å². The van der Waals surface area contributed by atoms with Crippen LogP contribution in [0.3, 0.4) is 0 Å². The molecule has 2 aromatic heterocycles. The zero-order chi connectivity index (χ0) is 19.3. The molecule has 146 valence electrons. The first-order valence-corrected chi connectivity index (χ1v) is 9.79. The molecular formula is C21H25N5O2. The second kappa shape index (κ2) is 8.29. The maximum Gasteiger partial charge on any atom is 0.231 e. The number of carbonyl (C=O) groups is 1. The fraction of sp³-hybridized carbons (Fsp3) is 0.381. The van der Waals surface area contributed by atoms with Crippen LogP contribution in [0.25, 0.3) is 5.65 Å². The van der Waals surface area contributed by atoms with E-state index in [-0.39, 0.29) is 11.8 Å². The Balaban J connectivity index is 1.41. The van der Waals surface area contributed by atoms with E-state index in [1.54, 1.807) is 0 Å². The Morgan fingerprint density at radius 2 is 2.07 bits per heavy atom. The summed E-state index contributed by atoms with van der Waals surface area (Å²) < 4.78 is 7.62. The lowest BCUT2D eigenvalue weighted by Crippen LogP contribution is -2.43. The Morgan fingerprint density at radius 3 is 2.96 bits per heavy atom. The van der Waals surface area contributed by atoms with Gasteiger partial charge in [-0.1, -0.05) is 24.3 Å². The van der Waals surface area contributed by atoms with Crippen molar-refractivity contribution in [1.29, 1.82) is 0 Å². The van der Waals surface area contributed by atoms with Crippen LogP contribution >= 0.6 is 0 Å². The number of hydrogen-bond acceptors (Lipinski definition) is 5. The number of anilines is 1. The van der Waals surface area contributed by atoms with Crippen LogP contribution in [-0.2, 0) is 11.3 Å². The minimum Gasteiger partial charge on any atom is -0.494 e. The molecule has 1 fully saturated rings. The molecule has 0 spiro atoms. The molecule has 7 nitrogen and oxygen atoms in total. The fourth-order valence-electron chi connectivity index (χ4n) is 3.69. The molecule has 1 saturated heterocycles. The van der Waals surface area contributed by atoms with Crippen LogP contribution in [0.4, 0.5) is 5.95 Å². The quantitative estimate of drug-likeness (QED) is 0.713. The van der Waals surface area contributed by atoms with Gasteiger partial charge < -0.3 is 15.0 Å². The number of para-hydroxylation sites is 1. The van der Waals surface area contributed by atoms with Crippen molar-refractivity contribution in [3.63, 3.8) is 0 Å². The van der Waals surface area contributed by atoms with Crippen LogP contribution < -0.4 is 15.0 Å². The van der Waals surface area contributed by atoms with Crippen LogP contribution in [0.2, 0.25) is 0 Å². The first-order valence-electron chi connectivity index (χ1n) is 9.79. The number of nitrogens with zero attached hydrogens (tertiary/aromatic N) is 4. The Bertz CT molecular complexity index is 955. The second-order valence-electron chi connectivity index (χ2n) is 6.97. The molecule has 0 bridgehead atoms. The molecule has 28 heavy (non-hydrogen) atoms. The summed E-state index contributed by atoms with van der Waals surface area (Å²) in [6.45, 7) is 4.57. The smallest absolute Gasteiger partial charge is 0.231 e. The Kier molecular flexibility index (Phi) is 5.41. The van der Waals surface area contributed by atoms with Crippen LogP contribution in [0.5, 0.6) is 5.75 Å². The zero-order valence-electron chi connectivity index (χ0n) is 16.0. The van der Waals surface area contributed by atoms with E-state index >= 15 is 0 Å². The Hall–Kier alpha value is -3.09. The van der Waals surface area contributed by atoms with Gasteiger partial charge in [0.15, 0.2) is 5.65 Å². The average Bonchev–Trinajstić information content (AvgIpc) is 3.17. The van der Waals surface area contributed by atoms with Gasteiger partial charge in [0.1, 0.15) is 5.75 Å². The van der Waals surface area contributed by atoms with Crippen molar-refractivity contribution in [3.8, 4) is 5.75 Å². The highest BCUT2D eigenvalue weighted by Crippen LogP contribution is 2.23. The molecule has 3 heterocycles. The summed E-state index contributed by atoms with van der Waals surface area (Å²) in [6.07, 6.45) is 3.79. The average molecular weight is 379 g/mol. The molecule has 0 radical (unpaired) electrons. The number of carbonyl (C=O) groups excluding carboxylic acids is 1. The maximum absolute atomic E-state index is 12.8. The van der Waals surface area contributed by atoms with Crippen molar-refractivity contribution in [1.82, 2.24) is 19.9 Å². The molecule has 1 N–H and O–H groups in total. The summed E-state index contributed by atoms with van der Waals surface area (Å²) in [5.74, 6) is 1.63. The molecule has 1 aliphatic rings. The van der Waals surface area contributed by atoms with Gasteiger partial charge in [-0.25, -0.2) is 0 Å². The van der Waals surface area contributed by atoms with Gasteiger partial charge in [-0.15, -0.1) is 10.2 Å². The molecule has 7 heteroatoms.